The Morgan fingerprint density at radius 3 is 2.61 bits per heavy atom. The number of para-hydroxylation sites is 1. The number of aromatic nitrogens is 2. The van der Waals surface area contributed by atoms with Crippen LogP contribution in [-0.2, 0) is 11.2 Å². The lowest BCUT2D eigenvalue weighted by molar-refractivity contribution is 0.0690. The van der Waals surface area contributed by atoms with E-state index in [9.17, 15) is 9.59 Å². The summed E-state index contributed by atoms with van der Waals surface area (Å²) in [7, 11) is 2.99. The molecule has 2 rings (SSSR count). The number of hydrogen-bond acceptors (Lipinski definition) is 4. The SMILES string of the molecule is COC(=O)N(C)CCCc1cc(C(=O)O)nn1-c1ccccc1. The van der Waals surface area contributed by atoms with Crippen LogP contribution in [0.15, 0.2) is 36.4 Å². The Labute approximate surface area is 134 Å². The lowest BCUT2D eigenvalue weighted by Crippen LogP contribution is -2.27. The number of methoxy groups -OCH3 is 1. The number of carboxylic acid groups (broad SMARTS) is 1. The second-order valence-corrected chi connectivity index (χ2v) is 5.07. The maximum absolute atomic E-state index is 11.3. The van der Waals surface area contributed by atoms with Crippen LogP contribution in [0.4, 0.5) is 4.79 Å². The Morgan fingerprint density at radius 2 is 2.00 bits per heavy atom. The Morgan fingerprint density at radius 1 is 1.30 bits per heavy atom. The van der Waals surface area contributed by atoms with Crippen molar-refractivity contribution < 1.29 is 19.4 Å². The van der Waals surface area contributed by atoms with Crippen molar-refractivity contribution in [3.63, 3.8) is 0 Å². The molecule has 7 heteroatoms. The van der Waals surface area contributed by atoms with Crippen molar-refractivity contribution >= 4 is 12.1 Å². The summed E-state index contributed by atoms with van der Waals surface area (Å²) >= 11 is 0. The van der Waals surface area contributed by atoms with Crippen molar-refractivity contribution in [3.8, 4) is 5.69 Å². The van der Waals surface area contributed by atoms with Gasteiger partial charge in [-0.3, -0.25) is 0 Å². The van der Waals surface area contributed by atoms with Gasteiger partial charge >= 0.3 is 12.1 Å². The Hall–Kier alpha value is -2.83. The molecule has 0 fully saturated rings. The highest BCUT2D eigenvalue weighted by molar-refractivity contribution is 5.85. The summed E-state index contributed by atoms with van der Waals surface area (Å²) in [4.78, 5) is 24.0. The Bertz CT molecular complexity index is 682. The molecule has 0 saturated heterocycles. The van der Waals surface area contributed by atoms with Gasteiger partial charge in [-0.25, -0.2) is 14.3 Å². The number of carbonyl (C=O) groups is 2. The molecule has 1 heterocycles. The quantitative estimate of drug-likeness (QED) is 0.883. The predicted octanol–water partition coefficient (Wildman–Crippen LogP) is 2.20. The Balaban J connectivity index is 2.14. The minimum absolute atomic E-state index is 0.00479. The summed E-state index contributed by atoms with van der Waals surface area (Å²) < 4.78 is 6.26. The molecule has 7 nitrogen and oxygen atoms in total. The van der Waals surface area contributed by atoms with Crippen molar-refractivity contribution in [1.82, 2.24) is 14.7 Å². The molecule has 0 aliphatic carbocycles. The molecule has 0 bridgehead atoms. The van der Waals surface area contributed by atoms with Crippen LogP contribution in [0, 0.1) is 0 Å². The third-order valence-electron chi connectivity index (χ3n) is 3.42. The first-order chi connectivity index (χ1) is 11.0. The number of benzene rings is 1. The maximum Gasteiger partial charge on any atom is 0.409 e. The molecule has 2 aromatic rings. The summed E-state index contributed by atoms with van der Waals surface area (Å²) in [6, 6.07) is 10.9. The standard InChI is InChI=1S/C16H19N3O4/c1-18(16(22)23-2)10-6-9-13-11-14(15(20)21)17-19(13)12-7-4-3-5-8-12/h3-5,7-8,11H,6,9-10H2,1-2H3,(H,20,21). The minimum Gasteiger partial charge on any atom is -0.476 e. The van der Waals surface area contributed by atoms with Crippen LogP contribution in [0.2, 0.25) is 0 Å². The number of amides is 1. The van der Waals surface area contributed by atoms with Gasteiger partial charge in [0.2, 0.25) is 0 Å². The van der Waals surface area contributed by atoms with E-state index < -0.39 is 12.1 Å². The van der Waals surface area contributed by atoms with Crippen LogP contribution in [-0.4, -0.2) is 52.6 Å². The van der Waals surface area contributed by atoms with Crippen LogP contribution in [0.3, 0.4) is 0 Å². The second-order valence-electron chi connectivity index (χ2n) is 5.07. The molecule has 0 saturated carbocycles. The lowest BCUT2D eigenvalue weighted by Gasteiger charge is -2.15. The van der Waals surface area contributed by atoms with Crippen molar-refractivity contribution in [1.29, 1.82) is 0 Å². The van der Waals surface area contributed by atoms with Crippen molar-refractivity contribution in [3.05, 3.63) is 47.8 Å². The van der Waals surface area contributed by atoms with E-state index in [1.54, 1.807) is 17.8 Å². The van der Waals surface area contributed by atoms with E-state index in [0.717, 1.165) is 11.4 Å². The fraction of sp³-hybridized carbons (Fsp3) is 0.312. The van der Waals surface area contributed by atoms with E-state index >= 15 is 0 Å². The van der Waals surface area contributed by atoms with E-state index in [1.807, 2.05) is 30.3 Å². The number of carbonyl (C=O) groups excluding carboxylic acids is 1. The summed E-state index contributed by atoms with van der Waals surface area (Å²) in [5, 5.41) is 13.3. The number of aromatic carboxylic acids is 1. The van der Waals surface area contributed by atoms with E-state index in [2.05, 4.69) is 9.84 Å². The number of aryl methyl sites for hydroxylation is 1. The molecule has 0 aliphatic heterocycles. The average molecular weight is 317 g/mol. The predicted molar refractivity (Wildman–Crippen MR) is 83.9 cm³/mol. The van der Waals surface area contributed by atoms with Gasteiger partial charge in [0, 0.05) is 19.3 Å². The number of carboxylic acids is 1. The molecule has 23 heavy (non-hydrogen) atoms. The van der Waals surface area contributed by atoms with Crippen molar-refractivity contribution in [2.75, 3.05) is 20.7 Å². The highest BCUT2D eigenvalue weighted by atomic mass is 16.5. The van der Waals surface area contributed by atoms with E-state index in [4.69, 9.17) is 5.11 Å². The van der Waals surface area contributed by atoms with Gasteiger partial charge in [0.1, 0.15) is 0 Å². The summed E-state index contributed by atoms with van der Waals surface area (Å²) in [5.41, 5.74) is 1.59. The van der Waals surface area contributed by atoms with Gasteiger partial charge in [0.25, 0.3) is 0 Å². The van der Waals surface area contributed by atoms with Gasteiger partial charge in [0.15, 0.2) is 5.69 Å². The van der Waals surface area contributed by atoms with Crippen LogP contribution in [0.1, 0.15) is 22.6 Å². The number of nitrogens with zero attached hydrogens (tertiary/aromatic N) is 3. The third kappa shape index (κ3) is 4.09. The largest absolute Gasteiger partial charge is 0.476 e. The monoisotopic (exact) mass is 317 g/mol. The first kappa shape index (κ1) is 16.5. The highest BCUT2D eigenvalue weighted by Crippen LogP contribution is 2.14. The second kappa shape index (κ2) is 7.44. The third-order valence-corrected chi connectivity index (χ3v) is 3.42. The molecule has 0 radical (unpaired) electrons. The molecule has 1 aromatic carbocycles. The number of rotatable bonds is 6. The smallest absolute Gasteiger partial charge is 0.409 e. The van der Waals surface area contributed by atoms with Gasteiger partial charge in [-0.15, -0.1) is 0 Å². The summed E-state index contributed by atoms with van der Waals surface area (Å²) in [6.45, 7) is 0.509. The van der Waals surface area contributed by atoms with Gasteiger partial charge in [0.05, 0.1) is 12.8 Å². The molecule has 0 aliphatic rings. The molecular weight excluding hydrogens is 298 g/mol. The fourth-order valence-electron chi connectivity index (χ4n) is 2.24. The molecule has 122 valence electrons. The zero-order valence-corrected chi connectivity index (χ0v) is 13.1. The van der Waals surface area contributed by atoms with Crippen LogP contribution in [0.25, 0.3) is 5.69 Å². The molecule has 0 atom stereocenters. The molecule has 1 amide bonds. The average Bonchev–Trinajstić information content (AvgIpc) is 2.99. The molecule has 0 spiro atoms. The fourth-order valence-corrected chi connectivity index (χ4v) is 2.24. The van der Waals surface area contributed by atoms with Crippen molar-refractivity contribution in [2.45, 2.75) is 12.8 Å². The number of hydrogen-bond donors (Lipinski definition) is 1. The van der Waals surface area contributed by atoms with Crippen LogP contribution >= 0.6 is 0 Å². The first-order valence-corrected chi connectivity index (χ1v) is 7.19. The maximum atomic E-state index is 11.3. The number of ether oxygens (including phenoxy) is 1. The normalized spacial score (nSPS) is 10.3. The molecule has 1 aromatic heterocycles. The van der Waals surface area contributed by atoms with E-state index in [-0.39, 0.29) is 5.69 Å². The highest BCUT2D eigenvalue weighted by Gasteiger charge is 2.15. The van der Waals surface area contributed by atoms with Crippen molar-refractivity contribution in [2.24, 2.45) is 0 Å². The van der Waals surface area contributed by atoms with Gasteiger partial charge in [-0.05, 0) is 31.0 Å². The first-order valence-electron chi connectivity index (χ1n) is 7.19. The summed E-state index contributed by atoms with van der Waals surface area (Å²) in [5.74, 6) is -1.06. The van der Waals surface area contributed by atoms with Gasteiger partial charge < -0.3 is 14.7 Å². The van der Waals surface area contributed by atoms with E-state index in [0.29, 0.717) is 19.4 Å². The Kier molecular flexibility index (Phi) is 5.35. The topological polar surface area (TPSA) is 84.7 Å². The lowest BCUT2D eigenvalue weighted by atomic mass is 10.2. The minimum atomic E-state index is -1.06. The van der Waals surface area contributed by atoms with E-state index in [1.165, 1.54) is 12.0 Å². The zero-order valence-electron chi connectivity index (χ0n) is 13.1. The molecule has 1 N–H and O–H groups in total. The van der Waals surface area contributed by atoms with Gasteiger partial charge in [-0.1, -0.05) is 18.2 Å². The molecular formula is C16H19N3O4. The molecule has 0 unspecified atom stereocenters. The summed E-state index contributed by atoms with van der Waals surface area (Å²) in [6.07, 6.45) is 0.868. The van der Waals surface area contributed by atoms with Gasteiger partial charge in [-0.2, -0.15) is 5.10 Å². The van der Waals surface area contributed by atoms with Crippen LogP contribution in [0.5, 0.6) is 0 Å². The zero-order chi connectivity index (χ0) is 16.8. The van der Waals surface area contributed by atoms with Crippen LogP contribution < -0.4 is 0 Å².